The van der Waals surface area contributed by atoms with Gasteiger partial charge in [0.1, 0.15) is 5.82 Å². The van der Waals surface area contributed by atoms with Crippen LogP contribution < -0.4 is 5.32 Å². The maximum Gasteiger partial charge on any atom is 0.252 e. The highest BCUT2D eigenvalue weighted by Gasteiger charge is 2.10. The Bertz CT molecular complexity index is 424. The third-order valence-corrected chi connectivity index (χ3v) is 2.69. The molecule has 19 heavy (non-hydrogen) atoms. The monoisotopic (exact) mass is 287 g/mol. The molecule has 0 spiro atoms. The molecule has 0 aromatic heterocycles. The van der Waals surface area contributed by atoms with E-state index in [4.69, 9.17) is 16.3 Å². The predicted molar refractivity (Wildman–Crippen MR) is 74.0 cm³/mol. The second-order valence-electron chi connectivity index (χ2n) is 4.70. The normalized spacial score (nSPS) is 10.8. The van der Waals surface area contributed by atoms with E-state index in [1.807, 2.05) is 0 Å². The summed E-state index contributed by atoms with van der Waals surface area (Å²) in [6.07, 6.45) is 0.733. The van der Waals surface area contributed by atoms with Crippen LogP contribution in [0.4, 0.5) is 4.39 Å². The molecule has 0 aliphatic heterocycles. The van der Waals surface area contributed by atoms with E-state index in [0.29, 0.717) is 19.1 Å². The summed E-state index contributed by atoms with van der Waals surface area (Å²) in [4.78, 5) is 11.8. The molecular weight excluding hydrogens is 269 g/mol. The molecular formula is C14H19ClFNO2. The number of carbonyl (C=O) groups is 1. The number of nitrogens with one attached hydrogen (secondary N) is 1. The summed E-state index contributed by atoms with van der Waals surface area (Å²) in [6.45, 7) is 5.99. The average molecular weight is 288 g/mol. The molecule has 0 fully saturated rings. The van der Waals surface area contributed by atoms with Crippen molar-refractivity contribution in [2.24, 2.45) is 5.92 Å². The number of carbonyl (C=O) groups excluding carboxylic acids is 1. The minimum atomic E-state index is -0.455. The number of rotatable bonds is 7. The Balaban J connectivity index is 2.28. The van der Waals surface area contributed by atoms with Crippen molar-refractivity contribution in [3.05, 3.63) is 34.6 Å². The van der Waals surface area contributed by atoms with Crippen LogP contribution in [0.3, 0.4) is 0 Å². The fourth-order valence-electron chi connectivity index (χ4n) is 1.46. The van der Waals surface area contributed by atoms with Crippen LogP contribution in [-0.2, 0) is 4.74 Å². The van der Waals surface area contributed by atoms with E-state index in [1.165, 1.54) is 12.1 Å². The first-order chi connectivity index (χ1) is 9.00. The van der Waals surface area contributed by atoms with E-state index in [2.05, 4.69) is 19.2 Å². The minimum Gasteiger partial charge on any atom is -0.381 e. The first kappa shape index (κ1) is 15.9. The Labute approximate surface area is 118 Å². The number of amides is 1. The quantitative estimate of drug-likeness (QED) is 0.782. The van der Waals surface area contributed by atoms with E-state index in [1.54, 1.807) is 0 Å². The lowest BCUT2D eigenvalue weighted by Gasteiger charge is -2.08. The highest BCUT2D eigenvalue weighted by molar-refractivity contribution is 6.33. The standard InChI is InChI=1S/C14H19ClFNO2/c1-10(2)9-19-7-3-6-17-14(18)12-5-4-11(16)8-13(12)15/h4-5,8,10H,3,6-7,9H2,1-2H3,(H,17,18). The van der Waals surface area contributed by atoms with Crippen LogP contribution in [0, 0.1) is 11.7 Å². The van der Waals surface area contributed by atoms with Gasteiger partial charge in [-0.05, 0) is 30.5 Å². The van der Waals surface area contributed by atoms with Gasteiger partial charge in [-0.2, -0.15) is 0 Å². The van der Waals surface area contributed by atoms with Crippen molar-refractivity contribution >= 4 is 17.5 Å². The zero-order chi connectivity index (χ0) is 14.3. The molecule has 0 aliphatic rings. The van der Waals surface area contributed by atoms with Crippen LogP contribution in [0.5, 0.6) is 0 Å². The van der Waals surface area contributed by atoms with Crippen molar-refractivity contribution in [2.75, 3.05) is 19.8 Å². The van der Waals surface area contributed by atoms with E-state index in [9.17, 15) is 9.18 Å². The van der Waals surface area contributed by atoms with Gasteiger partial charge in [0, 0.05) is 19.8 Å². The fourth-order valence-corrected chi connectivity index (χ4v) is 1.72. The van der Waals surface area contributed by atoms with E-state index >= 15 is 0 Å². The maximum atomic E-state index is 12.8. The van der Waals surface area contributed by atoms with Gasteiger partial charge in [0.15, 0.2) is 0 Å². The summed E-state index contributed by atoms with van der Waals surface area (Å²) >= 11 is 5.80. The van der Waals surface area contributed by atoms with Gasteiger partial charge in [0.2, 0.25) is 0 Å². The molecule has 1 aromatic carbocycles. The summed E-state index contributed by atoms with van der Waals surface area (Å²) in [6, 6.07) is 3.72. The summed E-state index contributed by atoms with van der Waals surface area (Å²) in [7, 11) is 0. The highest BCUT2D eigenvalue weighted by atomic mass is 35.5. The zero-order valence-electron chi connectivity index (χ0n) is 11.2. The van der Waals surface area contributed by atoms with Crippen molar-refractivity contribution < 1.29 is 13.9 Å². The Hall–Kier alpha value is -1.13. The van der Waals surface area contributed by atoms with E-state index < -0.39 is 5.82 Å². The summed E-state index contributed by atoms with van der Waals surface area (Å²) in [5.41, 5.74) is 0.283. The predicted octanol–water partition coefficient (Wildman–Crippen LogP) is 3.27. The first-order valence-corrected chi connectivity index (χ1v) is 6.69. The molecule has 0 saturated heterocycles. The van der Waals surface area contributed by atoms with Crippen molar-refractivity contribution in [1.29, 1.82) is 0 Å². The first-order valence-electron chi connectivity index (χ1n) is 6.31. The average Bonchev–Trinajstić information content (AvgIpc) is 2.32. The van der Waals surface area contributed by atoms with Crippen LogP contribution in [-0.4, -0.2) is 25.7 Å². The third kappa shape index (κ3) is 6.03. The topological polar surface area (TPSA) is 38.3 Å². The molecule has 0 saturated carbocycles. The lowest BCUT2D eigenvalue weighted by molar-refractivity contribution is 0.0925. The third-order valence-electron chi connectivity index (χ3n) is 2.38. The number of benzene rings is 1. The summed E-state index contributed by atoms with van der Waals surface area (Å²) < 4.78 is 18.2. The number of hydrogen-bond acceptors (Lipinski definition) is 2. The molecule has 0 heterocycles. The number of ether oxygens (including phenoxy) is 1. The van der Waals surface area contributed by atoms with Crippen LogP contribution in [0.25, 0.3) is 0 Å². The molecule has 5 heteroatoms. The van der Waals surface area contributed by atoms with Crippen molar-refractivity contribution in [3.63, 3.8) is 0 Å². The van der Waals surface area contributed by atoms with Crippen molar-refractivity contribution in [1.82, 2.24) is 5.32 Å². The van der Waals surface area contributed by atoms with Gasteiger partial charge in [-0.25, -0.2) is 4.39 Å². The molecule has 1 rings (SSSR count). The number of halogens is 2. The SMILES string of the molecule is CC(C)COCCCNC(=O)c1ccc(F)cc1Cl. The van der Waals surface area contributed by atoms with E-state index in [-0.39, 0.29) is 16.5 Å². The van der Waals surface area contributed by atoms with Crippen LogP contribution in [0.15, 0.2) is 18.2 Å². The van der Waals surface area contributed by atoms with Crippen LogP contribution in [0.1, 0.15) is 30.6 Å². The maximum absolute atomic E-state index is 12.8. The van der Waals surface area contributed by atoms with Crippen molar-refractivity contribution in [2.45, 2.75) is 20.3 Å². The second-order valence-corrected chi connectivity index (χ2v) is 5.11. The molecule has 0 radical (unpaired) electrons. The largest absolute Gasteiger partial charge is 0.381 e. The smallest absolute Gasteiger partial charge is 0.252 e. The Morgan fingerprint density at radius 2 is 2.21 bits per heavy atom. The molecule has 0 aliphatic carbocycles. The van der Waals surface area contributed by atoms with Gasteiger partial charge in [-0.3, -0.25) is 4.79 Å². The van der Waals surface area contributed by atoms with Crippen LogP contribution in [0.2, 0.25) is 5.02 Å². The van der Waals surface area contributed by atoms with Gasteiger partial charge >= 0.3 is 0 Å². The molecule has 1 aromatic rings. The summed E-state index contributed by atoms with van der Waals surface area (Å²) in [5, 5.41) is 2.84. The van der Waals surface area contributed by atoms with Crippen molar-refractivity contribution in [3.8, 4) is 0 Å². The Kier molecular flexibility index (Phi) is 6.81. The molecule has 0 bridgehead atoms. The van der Waals surface area contributed by atoms with Gasteiger partial charge in [-0.1, -0.05) is 25.4 Å². The number of hydrogen-bond donors (Lipinski definition) is 1. The lowest BCUT2D eigenvalue weighted by Crippen LogP contribution is -2.25. The van der Waals surface area contributed by atoms with Gasteiger partial charge < -0.3 is 10.1 Å². The molecule has 1 N–H and O–H groups in total. The van der Waals surface area contributed by atoms with E-state index in [0.717, 1.165) is 19.1 Å². The molecule has 0 atom stereocenters. The molecule has 106 valence electrons. The van der Waals surface area contributed by atoms with Gasteiger partial charge in [0.05, 0.1) is 10.6 Å². The van der Waals surface area contributed by atoms with Gasteiger partial charge in [0.25, 0.3) is 5.91 Å². The van der Waals surface area contributed by atoms with Gasteiger partial charge in [-0.15, -0.1) is 0 Å². The fraction of sp³-hybridized carbons (Fsp3) is 0.500. The summed E-state index contributed by atoms with van der Waals surface area (Å²) in [5.74, 6) is -0.245. The molecule has 1 amide bonds. The molecule has 0 unspecified atom stereocenters. The highest BCUT2D eigenvalue weighted by Crippen LogP contribution is 2.16. The Morgan fingerprint density at radius 1 is 1.47 bits per heavy atom. The second kappa shape index (κ2) is 8.12. The minimum absolute atomic E-state index is 0.119. The Morgan fingerprint density at radius 3 is 2.84 bits per heavy atom. The zero-order valence-corrected chi connectivity index (χ0v) is 12.0. The van der Waals surface area contributed by atoms with Crippen LogP contribution >= 0.6 is 11.6 Å². The molecule has 3 nitrogen and oxygen atoms in total. The lowest BCUT2D eigenvalue weighted by atomic mass is 10.2.